The van der Waals surface area contributed by atoms with Gasteiger partial charge in [0.1, 0.15) is 0 Å². The molecule has 0 spiro atoms. The number of hydrogen-bond donors (Lipinski definition) is 2. The average Bonchev–Trinajstić information content (AvgIpc) is 2.50. The molecular formula is C10H14N2O3. The molecule has 0 aromatic carbocycles. The summed E-state index contributed by atoms with van der Waals surface area (Å²) in [7, 11) is 0. The fourth-order valence-electron chi connectivity index (χ4n) is 1.26. The number of hydrogen-bond acceptors (Lipinski definition) is 3. The molecule has 0 bridgehead atoms. The predicted octanol–water partition coefficient (Wildman–Crippen LogP) is 0.663. The molecule has 15 heavy (non-hydrogen) atoms. The van der Waals surface area contributed by atoms with Crippen molar-refractivity contribution in [1.82, 2.24) is 5.32 Å². The molecule has 1 rings (SSSR count). The molecule has 5 nitrogen and oxygen atoms in total. The van der Waals surface area contributed by atoms with E-state index in [-0.39, 0.29) is 18.1 Å². The van der Waals surface area contributed by atoms with Gasteiger partial charge in [0.05, 0.1) is 6.26 Å². The SMILES string of the molecule is CC(C)(CC(N)=O)NC(=O)c1ccco1. The highest BCUT2D eigenvalue weighted by Gasteiger charge is 2.24. The first-order valence-electron chi connectivity index (χ1n) is 4.55. The lowest BCUT2D eigenvalue weighted by Gasteiger charge is -2.23. The van der Waals surface area contributed by atoms with Gasteiger partial charge in [-0.15, -0.1) is 0 Å². The van der Waals surface area contributed by atoms with Crippen molar-refractivity contribution >= 4 is 11.8 Å². The predicted molar refractivity (Wildman–Crippen MR) is 54.1 cm³/mol. The first-order valence-corrected chi connectivity index (χ1v) is 4.55. The highest BCUT2D eigenvalue weighted by atomic mass is 16.3. The van der Waals surface area contributed by atoms with Crippen molar-refractivity contribution in [2.45, 2.75) is 25.8 Å². The standard InChI is InChI=1S/C10H14N2O3/c1-10(2,6-8(11)13)12-9(14)7-4-3-5-15-7/h3-5H,6H2,1-2H3,(H2,11,13)(H,12,14). The van der Waals surface area contributed by atoms with E-state index in [0.29, 0.717) is 0 Å². The fraction of sp³-hybridized carbons (Fsp3) is 0.400. The molecule has 5 heteroatoms. The van der Waals surface area contributed by atoms with Gasteiger partial charge in [0, 0.05) is 12.0 Å². The van der Waals surface area contributed by atoms with Gasteiger partial charge in [-0.1, -0.05) is 0 Å². The maximum Gasteiger partial charge on any atom is 0.287 e. The number of nitrogens with two attached hydrogens (primary N) is 1. The monoisotopic (exact) mass is 210 g/mol. The van der Waals surface area contributed by atoms with Gasteiger partial charge in [-0.2, -0.15) is 0 Å². The maximum absolute atomic E-state index is 11.5. The van der Waals surface area contributed by atoms with Crippen LogP contribution in [0.25, 0.3) is 0 Å². The minimum atomic E-state index is -0.671. The fourth-order valence-corrected chi connectivity index (χ4v) is 1.26. The zero-order chi connectivity index (χ0) is 11.5. The molecule has 0 aliphatic carbocycles. The third-order valence-corrected chi connectivity index (χ3v) is 1.81. The smallest absolute Gasteiger partial charge is 0.287 e. The molecule has 0 aliphatic rings. The van der Waals surface area contributed by atoms with E-state index in [9.17, 15) is 9.59 Å². The van der Waals surface area contributed by atoms with Crippen LogP contribution >= 0.6 is 0 Å². The molecule has 0 saturated carbocycles. The van der Waals surface area contributed by atoms with E-state index in [2.05, 4.69) is 5.32 Å². The number of furan rings is 1. The van der Waals surface area contributed by atoms with Crippen LogP contribution in [0.4, 0.5) is 0 Å². The van der Waals surface area contributed by atoms with Crippen LogP contribution in [0.15, 0.2) is 22.8 Å². The van der Waals surface area contributed by atoms with E-state index in [4.69, 9.17) is 10.2 Å². The van der Waals surface area contributed by atoms with Crippen molar-refractivity contribution in [3.8, 4) is 0 Å². The van der Waals surface area contributed by atoms with Crippen LogP contribution in [0.5, 0.6) is 0 Å². The van der Waals surface area contributed by atoms with Crippen LogP contribution in [0.2, 0.25) is 0 Å². The first kappa shape index (κ1) is 11.3. The normalized spacial score (nSPS) is 11.1. The van der Waals surface area contributed by atoms with Gasteiger partial charge in [-0.25, -0.2) is 0 Å². The van der Waals surface area contributed by atoms with E-state index in [1.165, 1.54) is 6.26 Å². The van der Waals surface area contributed by atoms with Gasteiger partial charge in [0.2, 0.25) is 5.91 Å². The Morgan fingerprint density at radius 2 is 2.20 bits per heavy atom. The molecule has 0 atom stereocenters. The van der Waals surface area contributed by atoms with Crippen LogP contribution in [-0.2, 0) is 4.79 Å². The summed E-state index contributed by atoms with van der Waals surface area (Å²) in [5.74, 6) is -0.599. The van der Waals surface area contributed by atoms with E-state index in [1.54, 1.807) is 26.0 Å². The number of primary amides is 1. The Morgan fingerprint density at radius 3 is 2.67 bits per heavy atom. The van der Waals surface area contributed by atoms with Gasteiger partial charge in [-0.3, -0.25) is 9.59 Å². The number of amides is 2. The maximum atomic E-state index is 11.5. The molecule has 3 N–H and O–H groups in total. The summed E-state index contributed by atoms with van der Waals surface area (Å²) in [6.45, 7) is 3.44. The van der Waals surface area contributed by atoms with E-state index >= 15 is 0 Å². The Hall–Kier alpha value is -1.78. The van der Waals surface area contributed by atoms with Crippen LogP contribution in [0, 0.1) is 0 Å². The second kappa shape index (κ2) is 4.16. The second-order valence-electron chi connectivity index (χ2n) is 3.96. The highest BCUT2D eigenvalue weighted by Crippen LogP contribution is 2.09. The van der Waals surface area contributed by atoms with Crippen LogP contribution < -0.4 is 11.1 Å². The summed E-state index contributed by atoms with van der Waals surface area (Å²) in [4.78, 5) is 22.3. The van der Waals surface area contributed by atoms with Crippen LogP contribution in [0.3, 0.4) is 0 Å². The Morgan fingerprint density at radius 1 is 1.53 bits per heavy atom. The number of carbonyl (C=O) groups is 2. The van der Waals surface area contributed by atoms with E-state index in [0.717, 1.165) is 0 Å². The van der Waals surface area contributed by atoms with Crippen LogP contribution in [-0.4, -0.2) is 17.4 Å². The topological polar surface area (TPSA) is 85.3 Å². The summed E-state index contributed by atoms with van der Waals surface area (Å²) < 4.78 is 4.92. The first-order chi connectivity index (χ1) is 6.91. The minimum absolute atomic E-state index is 0.0828. The Kier molecular flexibility index (Phi) is 3.14. The molecule has 0 saturated heterocycles. The third-order valence-electron chi connectivity index (χ3n) is 1.81. The van der Waals surface area contributed by atoms with Crippen molar-refractivity contribution < 1.29 is 14.0 Å². The van der Waals surface area contributed by atoms with Crippen molar-refractivity contribution in [2.75, 3.05) is 0 Å². The van der Waals surface area contributed by atoms with Crippen molar-refractivity contribution in [3.63, 3.8) is 0 Å². The number of rotatable bonds is 4. The van der Waals surface area contributed by atoms with Crippen molar-refractivity contribution in [2.24, 2.45) is 5.73 Å². The molecule has 1 aromatic rings. The van der Waals surface area contributed by atoms with E-state index in [1.807, 2.05) is 0 Å². The Balaban J connectivity index is 2.61. The van der Waals surface area contributed by atoms with Crippen LogP contribution in [0.1, 0.15) is 30.8 Å². The minimum Gasteiger partial charge on any atom is -0.459 e. The van der Waals surface area contributed by atoms with Gasteiger partial charge >= 0.3 is 0 Å². The Bertz CT molecular complexity index is 355. The molecule has 0 unspecified atom stereocenters. The summed E-state index contributed by atoms with van der Waals surface area (Å²) >= 11 is 0. The zero-order valence-corrected chi connectivity index (χ0v) is 8.74. The van der Waals surface area contributed by atoms with Gasteiger partial charge < -0.3 is 15.5 Å². The van der Waals surface area contributed by atoms with Crippen molar-refractivity contribution in [3.05, 3.63) is 24.2 Å². The van der Waals surface area contributed by atoms with Crippen molar-refractivity contribution in [1.29, 1.82) is 0 Å². The average molecular weight is 210 g/mol. The number of carbonyl (C=O) groups excluding carboxylic acids is 2. The largest absolute Gasteiger partial charge is 0.459 e. The molecular weight excluding hydrogens is 196 g/mol. The summed E-state index contributed by atoms with van der Waals surface area (Å²) in [5.41, 5.74) is 4.39. The molecule has 82 valence electrons. The molecule has 0 fully saturated rings. The number of nitrogens with one attached hydrogen (secondary N) is 1. The lowest BCUT2D eigenvalue weighted by Crippen LogP contribution is -2.45. The summed E-state index contributed by atoms with van der Waals surface area (Å²) in [6, 6.07) is 3.17. The Labute approximate surface area is 87.6 Å². The van der Waals surface area contributed by atoms with Gasteiger partial charge in [0.25, 0.3) is 5.91 Å². The third kappa shape index (κ3) is 3.46. The van der Waals surface area contributed by atoms with E-state index < -0.39 is 11.4 Å². The molecule has 2 amide bonds. The lowest BCUT2D eigenvalue weighted by molar-refractivity contribution is -0.119. The lowest BCUT2D eigenvalue weighted by atomic mass is 10.0. The summed E-state index contributed by atoms with van der Waals surface area (Å²) in [5, 5.41) is 2.66. The highest BCUT2D eigenvalue weighted by molar-refractivity contribution is 5.92. The molecule has 1 aromatic heterocycles. The molecule has 0 aliphatic heterocycles. The zero-order valence-electron chi connectivity index (χ0n) is 8.74. The van der Waals surface area contributed by atoms with Gasteiger partial charge in [0.15, 0.2) is 5.76 Å². The molecule has 0 radical (unpaired) electrons. The van der Waals surface area contributed by atoms with Gasteiger partial charge in [-0.05, 0) is 26.0 Å². The quantitative estimate of drug-likeness (QED) is 0.765. The molecule has 1 heterocycles. The second-order valence-corrected chi connectivity index (χ2v) is 3.96. The summed E-state index contributed by atoms with van der Waals surface area (Å²) in [6.07, 6.45) is 1.50.